The van der Waals surface area contributed by atoms with E-state index in [-0.39, 0.29) is 11.4 Å². The number of aromatic amines is 1. The van der Waals surface area contributed by atoms with E-state index in [9.17, 15) is 13.9 Å². The molecule has 174 valence electrons. The number of aryl methyl sites for hydroxylation is 2. The van der Waals surface area contributed by atoms with Crippen LogP contribution in [0.3, 0.4) is 0 Å². The van der Waals surface area contributed by atoms with Crippen molar-refractivity contribution in [1.82, 2.24) is 24.7 Å². The summed E-state index contributed by atoms with van der Waals surface area (Å²) in [6, 6.07) is 8.77. The van der Waals surface area contributed by atoms with Crippen LogP contribution in [-0.2, 0) is 12.1 Å². The standard InChI is InChI=1S/C25H23F2N5O2/c1-15-14-28-23(29-15)20-6-4-16(10-21(20)34-2)5-7-22-30-24-25(33,8-3-9-32(24)31-22)17-11-18(26)13-19(27)12-17/h4-7,10-14,33H,3,8-9H2,1-2H3,(H,28,29). The molecule has 1 aliphatic rings. The van der Waals surface area contributed by atoms with E-state index in [1.165, 1.54) is 0 Å². The van der Waals surface area contributed by atoms with E-state index >= 15 is 0 Å². The number of hydrogen-bond donors (Lipinski definition) is 2. The SMILES string of the molecule is COc1cc(C=Cc2nc3n(n2)CCCC3(O)c2cc(F)cc(F)c2)ccc1-c1ncc(C)[nH]1. The molecule has 0 radical (unpaired) electrons. The fourth-order valence-corrected chi connectivity index (χ4v) is 4.28. The average Bonchev–Trinajstić information content (AvgIpc) is 3.44. The van der Waals surface area contributed by atoms with E-state index in [1.807, 2.05) is 31.2 Å². The van der Waals surface area contributed by atoms with E-state index in [1.54, 1.807) is 24.1 Å². The number of methoxy groups -OCH3 is 1. The lowest BCUT2D eigenvalue weighted by molar-refractivity contribution is 0.0389. The van der Waals surface area contributed by atoms with Gasteiger partial charge in [0.1, 0.15) is 28.8 Å². The Hall–Kier alpha value is -3.85. The molecule has 7 nitrogen and oxygen atoms in total. The third-order valence-corrected chi connectivity index (χ3v) is 5.92. The summed E-state index contributed by atoms with van der Waals surface area (Å²) in [5, 5.41) is 15.8. The van der Waals surface area contributed by atoms with Crippen LogP contribution in [0.1, 0.15) is 41.3 Å². The second kappa shape index (κ2) is 8.49. The third kappa shape index (κ3) is 3.99. The number of hydrogen-bond acceptors (Lipinski definition) is 5. The molecule has 0 spiro atoms. The summed E-state index contributed by atoms with van der Waals surface area (Å²) in [5.74, 6) is 0.545. The Labute approximate surface area is 194 Å². The average molecular weight is 463 g/mol. The van der Waals surface area contributed by atoms with Crippen molar-refractivity contribution < 1.29 is 18.6 Å². The molecule has 3 heterocycles. The number of aliphatic hydroxyl groups is 1. The molecule has 1 unspecified atom stereocenters. The van der Waals surface area contributed by atoms with Gasteiger partial charge in [-0.25, -0.2) is 23.4 Å². The monoisotopic (exact) mass is 463 g/mol. The summed E-state index contributed by atoms with van der Waals surface area (Å²) < 4.78 is 34.8. The summed E-state index contributed by atoms with van der Waals surface area (Å²) in [4.78, 5) is 12.0. The normalized spacial score (nSPS) is 17.8. The minimum absolute atomic E-state index is 0.127. The van der Waals surface area contributed by atoms with Crippen molar-refractivity contribution in [2.24, 2.45) is 0 Å². The minimum atomic E-state index is -1.62. The number of aromatic nitrogens is 5. The number of H-pyrrole nitrogens is 1. The zero-order valence-electron chi connectivity index (χ0n) is 18.7. The highest BCUT2D eigenvalue weighted by molar-refractivity contribution is 5.72. The first-order valence-electron chi connectivity index (χ1n) is 10.9. The van der Waals surface area contributed by atoms with Gasteiger partial charge in [0.2, 0.25) is 0 Å². The molecule has 2 aromatic heterocycles. The smallest absolute Gasteiger partial charge is 0.174 e. The van der Waals surface area contributed by atoms with E-state index in [2.05, 4.69) is 20.1 Å². The van der Waals surface area contributed by atoms with Crippen LogP contribution in [0.2, 0.25) is 0 Å². The summed E-state index contributed by atoms with van der Waals surface area (Å²) in [6.45, 7) is 2.49. The van der Waals surface area contributed by atoms with Crippen molar-refractivity contribution in [2.45, 2.75) is 31.9 Å². The van der Waals surface area contributed by atoms with Crippen LogP contribution < -0.4 is 4.74 Å². The van der Waals surface area contributed by atoms with E-state index < -0.39 is 17.2 Å². The molecule has 0 saturated carbocycles. The van der Waals surface area contributed by atoms with Gasteiger partial charge in [0.05, 0.1) is 12.7 Å². The first kappa shape index (κ1) is 22.0. The molecule has 1 aliphatic heterocycles. The summed E-state index contributed by atoms with van der Waals surface area (Å²) in [5.41, 5.74) is 1.17. The molecule has 0 saturated heterocycles. The molecule has 2 N–H and O–H groups in total. The predicted molar refractivity (Wildman–Crippen MR) is 123 cm³/mol. The number of benzene rings is 2. The summed E-state index contributed by atoms with van der Waals surface area (Å²) in [7, 11) is 1.60. The van der Waals surface area contributed by atoms with Crippen molar-refractivity contribution in [3.8, 4) is 17.1 Å². The van der Waals surface area contributed by atoms with Crippen LogP contribution in [0, 0.1) is 18.6 Å². The number of nitrogens with one attached hydrogen (secondary N) is 1. The van der Waals surface area contributed by atoms with Crippen LogP contribution in [-0.4, -0.2) is 36.9 Å². The molecule has 5 rings (SSSR count). The second-order valence-corrected chi connectivity index (χ2v) is 8.35. The van der Waals surface area contributed by atoms with Gasteiger partial charge in [0.25, 0.3) is 0 Å². The molecule has 4 aromatic rings. The lowest BCUT2D eigenvalue weighted by Gasteiger charge is -2.31. The number of imidazole rings is 1. The maximum absolute atomic E-state index is 13.8. The third-order valence-electron chi connectivity index (χ3n) is 5.92. The first-order valence-corrected chi connectivity index (χ1v) is 10.9. The van der Waals surface area contributed by atoms with Crippen LogP contribution in [0.15, 0.2) is 42.6 Å². The highest BCUT2D eigenvalue weighted by atomic mass is 19.1. The maximum Gasteiger partial charge on any atom is 0.174 e. The van der Waals surface area contributed by atoms with E-state index in [4.69, 9.17) is 4.74 Å². The molecule has 0 amide bonds. The Morgan fingerprint density at radius 2 is 1.94 bits per heavy atom. The van der Waals surface area contributed by atoms with Crippen molar-refractivity contribution in [3.05, 3.63) is 82.7 Å². The highest BCUT2D eigenvalue weighted by Gasteiger charge is 2.40. The summed E-state index contributed by atoms with van der Waals surface area (Å²) >= 11 is 0. The van der Waals surface area contributed by atoms with Gasteiger partial charge in [-0.05, 0) is 61.2 Å². The molecule has 0 bridgehead atoms. The van der Waals surface area contributed by atoms with Crippen LogP contribution >= 0.6 is 0 Å². The Morgan fingerprint density at radius 1 is 1.15 bits per heavy atom. The molecule has 34 heavy (non-hydrogen) atoms. The Balaban J connectivity index is 1.45. The molecular weight excluding hydrogens is 440 g/mol. The molecule has 0 fully saturated rings. The number of ether oxygens (including phenoxy) is 1. The van der Waals surface area contributed by atoms with E-state index in [0.717, 1.165) is 40.8 Å². The van der Waals surface area contributed by atoms with Gasteiger partial charge >= 0.3 is 0 Å². The maximum atomic E-state index is 13.8. The van der Waals surface area contributed by atoms with Crippen molar-refractivity contribution in [1.29, 1.82) is 0 Å². The van der Waals surface area contributed by atoms with Crippen LogP contribution in [0.25, 0.3) is 23.5 Å². The number of fused-ring (bicyclic) bond motifs is 1. The lowest BCUT2D eigenvalue weighted by Crippen LogP contribution is -2.35. The molecule has 0 aliphatic carbocycles. The zero-order chi connectivity index (χ0) is 23.9. The molecular formula is C25H23F2N5O2. The molecule has 2 aromatic carbocycles. The quantitative estimate of drug-likeness (QED) is 0.456. The predicted octanol–water partition coefficient (Wildman–Crippen LogP) is 4.46. The van der Waals surface area contributed by atoms with Crippen molar-refractivity contribution in [2.75, 3.05) is 7.11 Å². The van der Waals surface area contributed by atoms with Gasteiger partial charge in [0.15, 0.2) is 11.6 Å². The largest absolute Gasteiger partial charge is 0.496 e. The van der Waals surface area contributed by atoms with Crippen LogP contribution in [0.5, 0.6) is 5.75 Å². The van der Waals surface area contributed by atoms with Crippen molar-refractivity contribution >= 4 is 12.2 Å². The Bertz CT molecular complexity index is 1370. The van der Waals surface area contributed by atoms with Gasteiger partial charge in [-0.3, -0.25) is 0 Å². The number of nitrogens with zero attached hydrogens (tertiary/aromatic N) is 4. The van der Waals surface area contributed by atoms with Gasteiger partial charge in [-0.2, -0.15) is 5.10 Å². The number of halogens is 2. The molecule has 1 atom stereocenters. The zero-order valence-corrected chi connectivity index (χ0v) is 18.7. The van der Waals surface area contributed by atoms with Gasteiger partial charge in [0, 0.05) is 24.5 Å². The highest BCUT2D eigenvalue weighted by Crippen LogP contribution is 2.37. The van der Waals surface area contributed by atoms with E-state index in [0.29, 0.717) is 31.0 Å². The van der Waals surface area contributed by atoms with Crippen molar-refractivity contribution in [3.63, 3.8) is 0 Å². The summed E-state index contributed by atoms with van der Waals surface area (Å²) in [6.07, 6.45) is 6.21. The Kier molecular flexibility index (Phi) is 5.49. The second-order valence-electron chi connectivity index (χ2n) is 8.35. The topological polar surface area (TPSA) is 88.8 Å². The lowest BCUT2D eigenvalue weighted by atomic mass is 9.86. The fraction of sp³-hybridized carbons (Fsp3) is 0.240. The Morgan fingerprint density at radius 3 is 2.65 bits per heavy atom. The minimum Gasteiger partial charge on any atom is -0.496 e. The fourth-order valence-electron chi connectivity index (χ4n) is 4.28. The van der Waals surface area contributed by atoms with Gasteiger partial charge in [-0.15, -0.1) is 0 Å². The van der Waals surface area contributed by atoms with Gasteiger partial charge < -0.3 is 14.8 Å². The van der Waals surface area contributed by atoms with Crippen LogP contribution in [0.4, 0.5) is 8.78 Å². The van der Waals surface area contributed by atoms with Gasteiger partial charge in [-0.1, -0.05) is 12.1 Å². The first-order chi connectivity index (χ1) is 16.4. The number of rotatable bonds is 5. The molecule has 9 heteroatoms.